The van der Waals surface area contributed by atoms with E-state index in [-0.39, 0.29) is 0 Å². The molecule has 0 aliphatic carbocycles. The second kappa shape index (κ2) is 7.28. The molecule has 0 radical (unpaired) electrons. The fraction of sp³-hybridized carbons (Fsp3) is 0.333. The molecule has 2 aromatic rings. The van der Waals surface area contributed by atoms with Crippen molar-refractivity contribution in [1.29, 1.82) is 0 Å². The number of benzene rings is 1. The number of ether oxygens (including phenoxy) is 3. The van der Waals surface area contributed by atoms with Gasteiger partial charge in [0, 0.05) is 5.38 Å². The SMILES string of the molecule is O=S(=O)(O)C1O[C@@H](Oc2ccccc2)[C@H](O)[C@@H](Oc2ccsc2)[C@@H]1O. The van der Waals surface area contributed by atoms with Gasteiger partial charge < -0.3 is 24.4 Å². The molecule has 10 heteroatoms. The average Bonchev–Trinajstić information content (AvgIpc) is 3.07. The highest BCUT2D eigenvalue weighted by Crippen LogP contribution is 2.30. The predicted molar refractivity (Wildman–Crippen MR) is 88.0 cm³/mol. The Morgan fingerprint density at radius 1 is 1.00 bits per heavy atom. The molecule has 1 fully saturated rings. The maximum absolute atomic E-state index is 11.5. The van der Waals surface area contributed by atoms with Gasteiger partial charge in [0.25, 0.3) is 10.1 Å². The highest BCUT2D eigenvalue weighted by molar-refractivity contribution is 7.86. The van der Waals surface area contributed by atoms with Crippen LogP contribution in [0, 0.1) is 0 Å². The first-order valence-electron chi connectivity index (χ1n) is 7.25. The first kappa shape index (κ1) is 18.1. The molecule has 5 atom stereocenters. The number of aliphatic hydroxyl groups is 2. The van der Waals surface area contributed by atoms with Crippen LogP contribution < -0.4 is 9.47 Å². The molecule has 0 amide bonds. The first-order chi connectivity index (χ1) is 11.9. The molecule has 0 bridgehead atoms. The van der Waals surface area contributed by atoms with Gasteiger partial charge in [-0.25, -0.2) is 0 Å². The Morgan fingerprint density at radius 3 is 2.32 bits per heavy atom. The van der Waals surface area contributed by atoms with Crippen LogP contribution in [0.3, 0.4) is 0 Å². The zero-order valence-corrected chi connectivity index (χ0v) is 14.3. The minimum Gasteiger partial charge on any atom is -0.484 e. The van der Waals surface area contributed by atoms with Crippen molar-refractivity contribution < 1.29 is 37.4 Å². The van der Waals surface area contributed by atoms with Crippen molar-refractivity contribution in [3.05, 3.63) is 47.2 Å². The summed E-state index contributed by atoms with van der Waals surface area (Å²) < 4.78 is 48.4. The molecule has 8 nitrogen and oxygen atoms in total. The number of hydrogen-bond acceptors (Lipinski definition) is 8. The maximum Gasteiger partial charge on any atom is 0.295 e. The van der Waals surface area contributed by atoms with Crippen molar-refractivity contribution in [2.24, 2.45) is 0 Å². The zero-order valence-electron chi connectivity index (χ0n) is 12.7. The van der Waals surface area contributed by atoms with E-state index in [4.69, 9.17) is 14.2 Å². The summed E-state index contributed by atoms with van der Waals surface area (Å²) in [6.07, 6.45) is -6.18. The van der Waals surface area contributed by atoms with Crippen molar-refractivity contribution in [1.82, 2.24) is 0 Å². The summed E-state index contributed by atoms with van der Waals surface area (Å²) in [4.78, 5) is 0. The van der Waals surface area contributed by atoms with Crippen LogP contribution in [-0.2, 0) is 14.9 Å². The van der Waals surface area contributed by atoms with E-state index in [0.29, 0.717) is 11.5 Å². The van der Waals surface area contributed by atoms with E-state index < -0.39 is 40.2 Å². The molecule has 1 unspecified atom stereocenters. The van der Waals surface area contributed by atoms with Crippen LogP contribution in [0.2, 0.25) is 0 Å². The van der Waals surface area contributed by atoms with Crippen LogP contribution in [0.5, 0.6) is 11.5 Å². The second-order valence-electron chi connectivity index (χ2n) is 5.34. The second-order valence-corrected chi connectivity index (χ2v) is 7.62. The molecule has 1 aliphatic rings. The molecular weight excluding hydrogens is 372 g/mol. The van der Waals surface area contributed by atoms with E-state index in [0.717, 1.165) is 0 Å². The summed E-state index contributed by atoms with van der Waals surface area (Å²) in [5.74, 6) is 0.647. The Kier molecular flexibility index (Phi) is 5.27. The Balaban J connectivity index is 1.87. The molecule has 0 saturated carbocycles. The number of aliphatic hydroxyl groups excluding tert-OH is 2. The fourth-order valence-electron chi connectivity index (χ4n) is 2.40. The van der Waals surface area contributed by atoms with Crippen LogP contribution >= 0.6 is 11.3 Å². The van der Waals surface area contributed by atoms with Crippen molar-refractivity contribution in [2.75, 3.05) is 0 Å². The Hall–Kier alpha value is -1.69. The quantitative estimate of drug-likeness (QED) is 0.645. The van der Waals surface area contributed by atoms with Gasteiger partial charge in [-0.1, -0.05) is 18.2 Å². The normalized spacial score (nSPS) is 30.0. The molecule has 136 valence electrons. The van der Waals surface area contributed by atoms with E-state index in [1.54, 1.807) is 47.2 Å². The smallest absolute Gasteiger partial charge is 0.295 e. The van der Waals surface area contributed by atoms with Gasteiger partial charge in [-0.05, 0) is 23.6 Å². The fourth-order valence-corrected chi connectivity index (χ4v) is 3.71. The average molecular weight is 388 g/mol. The Morgan fingerprint density at radius 2 is 1.72 bits per heavy atom. The molecular formula is C15H16O8S2. The maximum atomic E-state index is 11.5. The van der Waals surface area contributed by atoms with Crippen LogP contribution in [0.25, 0.3) is 0 Å². The van der Waals surface area contributed by atoms with Gasteiger partial charge >= 0.3 is 0 Å². The zero-order chi connectivity index (χ0) is 18.0. The summed E-state index contributed by atoms with van der Waals surface area (Å²) >= 11 is 1.32. The van der Waals surface area contributed by atoms with Gasteiger partial charge in [-0.3, -0.25) is 4.55 Å². The van der Waals surface area contributed by atoms with Gasteiger partial charge in [0.2, 0.25) is 11.7 Å². The topological polar surface area (TPSA) is 123 Å². The van der Waals surface area contributed by atoms with Crippen molar-refractivity contribution in [2.45, 2.75) is 30.0 Å². The largest absolute Gasteiger partial charge is 0.484 e. The van der Waals surface area contributed by atoms with E-state index in [1.165, 1.54) is 11.3 Å². The molecule has 1 aromatic carbocycles. The highest BCUT2D eigenvalue weighted by atomic mass is 32.2. The van der Waals surface area contributed by atoms with E-state index >= 15 is 0 Å². The Bertz CT molecular complexity index is 777. The van der Waals surface area contributed by atoms with Crippen molar-refractivity contribution in [3.8, 4) is 11.5 Å². The van der Waals surface area contributed by atoms with Crippen molar-refractivity contribution >= 4 is 21.5 Å². The molecule has 25 heavy (non-hydrogen) atoms. The van der Waals surface area contributed by atoms with Crippen LogP contribution in [0.4, 0.5) is 0 Å². The van der Waals surface area contributed by atoms with Crippen LogP contribution in [-0.4, -0.2) is 53.2 Å². The van der Waals surface area contributed by atoms with Crippen molar-refractivity contribution in [3.63, 3.8) is 0 Å². The number of hydrogen-bond donors (Lipinski definition) is 3. The first-order valence-corrected chi connectivity index (χ1v) is 9.69. The number of rotatable bonds is 5. The van der Waals surface area contributed by atoms with Gasteiger partial charge in [0.1, 0.15) is 17.6 Å². The highest BCUT2D eigenvalue weighted by Gasteiger charge is 2.52. The lowest BCUT2D eigenvalue weighted by atomic mass is 10.0. The minimum atomic E-state index is -4.78. The lowest BCUT2D eigenvalue weighted by Crippen LogP contribution is -2.62. The molecule has 3 N–H and O–H groups in total. The third-order valence-corrected chi connectivity index (χ3v) is 5.19. The minimum absolute atomic E-state index is 0.311. The summed E-state index contributed by atoms with van der Waals surface area (Å²) in [5, 5.41) is 24.0. The summed E-state index contributed by atoms with van der Waals surface area (Å²) in [6.45, 7) is 0. The number of thiophene rings is 1. The van der Waals surface area contributed by atoms with E-state index in [9.17, 15) is 23.2 Å². The monoisotopic (exact) mass is 388 g/mol. The predicted octanol–water partition coefficient (Wildman–Crippen LogP) is 0.866. The van der Waals surface area contributed by atoms with Gasteiger partial charge in [-0.15, -0.1) is 11.3 Å². The van der Waals surface area contributed by atoms with E-state index in [2.05, 4.69) is 0 Å². The molecule has 0 spiro atoms. The van der Waals surface area contributed by atoms with Crippen LogP contribution in [0.15, 0.2) is 47.2 Å². The number of para-hydroxylation sites is 1. The molecule has 1 saturated heterocycles. The van der Waals surface area contributed by atoms with Gasteiger partial charge in [-0.2, -0.15) is 8.42 Å². The third kappa shape index (κ3) is 4.11. The molecule has 1 aliphatic heterocycles. The van der Waals surface area contributed by atoms with Gasteiger partial charge in [0.05, 0.1) is 0 Å². The van der Waals surface area contributed by atoms with E-state index in [1.807, 2.05) is 0 Å². The Labute approximate surface area is 148 Å². The summed E-state index contributed by atoms with van der Waals surface area (Å²) in [7, 11) is -4.78. The third-order valence-electron chi connectivity index (χ3n) is 3.56. The molecule has 1 aromatic heterocycles. The summed E-state index contributed by atoms with van der Waals surface area (Å²) in [6, 6.07) is 9.86. The summed E-state index contributed by atoms with van der Waals surface area (Å²) in [5.41, 5.74) is -2.02. The standard InChI is InChI=1S/C15H16O8S2/c16-11-13(21-10-6-7-24-8-10)12(17)15(25(18,19)20)23-14(11)22-9-4-2-1-3-5-9/h1-8,11-17H,(H,18,19,20)/t11-,12+,13-,14-,15?/m1/s1. The van der Waals surface area contributed by atoms with Crippen LogP contribution in [0.1, 0.15) is 0 Å². The molecule has 2 heterocycles. The lowest BCUT2D eigenvalue weighted by Gasteiger charge is -2.40. The molecule has 3 rings (SSSR count). The lowest BCUT2D eigenvalue weighted by molar-refractivity contribution is -0.248. The van der Waals surface area contributed by atoms with Gasteiger partial charge in [0.15, 0.2) is 12.2 Å².